The number of aromatic nitrogens is 2. The van der Waals surface area contributed by atoms with Gasteiger partial charge in [-0.2, -0.15) is 0 Å². The number of hydrogen-bond acceptors (Lipinski definition) is 3. The van der Waals surface area contributed by atoms with Crippen LogP contribution in [0.2, 0.25) is 0 Å². The minimum absolute atomic E-state index is 0.833. The third-order valence-corrected chi connectivity index (χ3v) is 3.25. The van der Waals surface area contributed by atoms with Crippen molar-refractivity contribution in [3.63, 3.8) is 0 Å². The lowest BCUT2D eigenvalue weighted by molar-refractivity contribution is 1.09. The van der Waals surface area contributed by atoms with Crippen molar-refractivity contribution < 1.29 is 0 Å². The first-order chi connectivity index (χ1) is 9.84. The largest absolute Gasteiger partial charge is 0.328 e. The van der Waals surface area contributed by atoms with Crippen molar-refractivity contribution in [1.29, 1.82) is 0 Å². The molecule has 0 bridgehead atoms. The Balaban J connectivity index is 1.87. The van der Waals surface area contributed by atoms with Crippen LogP contribution in [0.15, 0.2) is 73.2 Å². The molecule has 1 heterocycles. The third kappa shape index (κ3) is 2.52. The van der Waals surface area contributed by atoms with E-state index in [1.54, 1.807) is 18.6 Å². The average Bonchev–Trinajstić information content (AvgIpc) is 2.56. The molecule has 0 spiro atoms. The molecule has 20 heavy (non-hydrogen) atoms. The molecule has 0 aliphatic rings. The smallest absolute Gasteiger partial charge is 0.151 e. The first-order valence-electron chi connectivity index (χ1n) is 6.50. The first kappa shape index (κ1) is 12.4. The molecule has 3 aromatic rings. The maximum absolute atomic E-state index is 4.30. The van der Waals surface area contributed by atoms with Gasteiger partial charge in [-0.05, 0) is 23.3 Å². The van der Waals surface area contributed by atoms with E-state index in [0.717, 1.165) is 11.5 Å². The zero-order valence-corrected chi connectivity index (χ0v) is 11.3. The lowest BCUT2D eigenvalue weighted by atomic mass is 10.1. The van der Waals surface area contributed by atoms with Gasteiger partial charge in [0.15, 0.2) is 5.82 Å². The summed E-state index contributed by atoms with van der Waals surface area (Å²) in [6, 6.07) is 18.8. The van der Waals surface area contributed by atoms with Gasteiger partial charge in [-0.15, -0.1) is 0 Å². The van der Waals surface area contributed by atoms with E-state index in [-0.39, 0.29) is 0 Å². The fourth-order valence-electron chi connectivity index (χ4n) is 2.10. The fraction of sp³-hybridized carbons (Fsp3) is 0.0588. The van der Waals surface area contributed by atoms with Crippen LogP contribution >= 0.6 is 0 Å². The van der Waals surface area contributed by atoms with Crippen LogP contribution in [0, 0.1) is 0 Å². The number of benzene rings is 2. The highest BCUT2D eigenvalue weighted by Crippen LogP contribution is 2.25. The molecule has 3 nitrogen and oxygen atoms in total. The quantitative estimate of drug-likeness (QED) is 0.715. The van der Waals surface area contributed by atoms with Crippen LogP contribution in [0.5, 0.6) is 0 Å². The van der Waals surface area contributed by atoms with Crippen LogP contribution in [-0.2, 0) is 0 Å². The van der Waals surface area contributed by atoms with Crippen LogP contribution < -0.4 is 4.90 Å². The first-order valence-corrected chi connectivity index (χ1v) is 6.50. The highest BCUT2D eigenvalue weighted by Gasteiger charge is 2.05. The Morgan fingerprint density at radius 1 is 0.800 bits per heavy atom. The summed E-state index contributed by atoms with van der Waals surface area (Å²) in [7, 11) is 1.99. The summed E-state index contributed by atoms with van der Waals surface area (Å²) in [5, 5.41) is 0. The molecule has 0 atom stereocenters. The van der Waals surface area contributed by atoms with E-state index in [1.807, 2.05) is 18.0 Å². The summed E-state index contributed by atoms with van der Waals surface area (Å²) in [6.07, 6.45) is 5.13. The van der Waals surface area contributed by atoms with Crippen molar-refractivity contribution in [2.45, 2.75) is 0 Å². The highest BCUT2D eigenvalue weighted by molar-refractivity contribution is 5.68. The van der Waals surface area contributed by atoms with Gasteiger partial charge in [0.05, 0.1) is 6.20 Å². The predicted molar refractivity (Wildman–Crippen MR) is 82.0 cm³/mol. The SMILES string of the molecule is CN(c1ccc(-c2ccccc2)cc1)c1cnccn1. The van der Waals surface area contributed by atoms with Gasteiger partial charge in [-0.3, -0.25) is 4.98 Å². The average molecular weight is 261 g/mol. The maximum Gasteiger partial charge on any atom is 0.151 e. The number of hydrogen-bond donors (Lipinski definition) is 0. The van der Waals surface area contributed by atoms with Crippen LogP contribution in [0.3, 0.4) is 0 Å². The van der Waals surface area contributed by atoms with Gasteiger partial charge in [-0.25, -0.2) is 4.98 Å². The second-order valence-electron chi connectivity index (χ2n) is 4.54. The molecule has 0 N–H and O–H groups in total. The lowest BCUT2D eigenvalue weighted by Crippen LogP contribution is -2.10. The molecule has 0 saturated heterocycles. The summed E-state index contributed by atoms with van der Waals surface area (Å²) in [5.74, 6) is 0.833. The molecule has 0 fully saturated rings. The summed E-state index contributed by atoms with van der Waals surface area (Å²) in [5.41, 5.74) is 3.52. The normalized spacial score (nSPS) is 10.2. The minimum atomic E-state index is 0.833. The highest BCUT2D eigenvalue weighted by atomic mass is 15.2. The summed E-state index contributed by atoms with van der Waals surface area (Å²) >= 11 is 0. The van der Waals surface area contributed by atoms with Crippen molar-refractivity contribution in [3.8, 4) is 11.1 Å². The molecule has 0 radical (unpaired) electrons. The number of anilines is 2. The Morgan fingerprint density at radius 3 is 2.15 bits per heavy atom. The molecule has 1 aromatic heterocycles. The number of rotatable bonds is 3. The fourth-order valence-corrected chi connectivity index (χ4v) is 2.10. The zero-order chi connectivity index (χ0) is 13.8. The zero-order valence-electron chi connectivity index (χ0n) is 11.3. The second-order valence-corrected chi connectivity index (χ2v) is 4.54. The molecular weight excluding hydrogens is 246 g/mol. The van der Waals surface area contributed by atoms with Crippen molar-refractivity contribution in [3.05, 3.63) is 73.2 Å². The van der Waals surface area contributed by atoms with Gasteiger partial charge in [0.1, 0.15) is 0 Å². The molecule has 0 unspecified atom stereocenters. The van der Waals surface area contributed by atoms with Gasteiger partial charge in [0.2, 0.25) is 0 Å². The van der Waals surface area contributed by atoms with Gasteiger partial charge < -0.3 is 4.90 Å². The maximum atomic E-state index is 4.30. The molecule has 0 aliphatic heterocycles. The summed E-state index contributed by atoms with van der Waals surface area (Å²) in [6.45, 7) is 0. The molecule has 2 aromatic carbocycles. The van der Waals surface area contributed by atoms with Crippen LogP contribution in [-0.4, -0.2) is 17.0 Å². The van der Waals surface area contributed by atoms with E-state index < -0.39 is 0 Å². The van der Waals surface area contributed by atoms with Crippen molar-refractivity contribution in [2.24, 2.45) is 0 Å². The summed E-state index contributed by atoms with van der Waals surface area (Å²) < 4.78 is 0. The van der Waals surface area contributed by atoms with Crippen molar-refractivity contribution in [1.82, 2.24) is 9.97 Å². The molecule has 98 valence electrons. The monoisotopic (exact) mass is 261 g/mol. The van der Waals surface area contributed by atoms with Gasteiger partial charge in [0.25, 0.3) is 0 Å². The lowest BCUT2D eigenvalue weighted by Gasteiger charge is -2.18. The van der Waals surface area contributed by atoms with E-state index in [9.17, 15) is 0 Å². The van der Waals surface area contributed by atoms with E-state index in [4.69, 9.17) is 0 Å². The Bertz CT molecular complexity index is 664. The van der Waals surface area contributed by atoms with Crippen LogP contribution in [0.25, 0.3) is 11.1 Å². The molecule has 0 amide bonds. The molecule has 0 saturated carbocycles. The Morgan fingerprint density at radius 2 is 1.50 bits per heavy atom. The second kappa shape index (κ2) is 5.53. The Hall–Kier alpha value is -2.68. The van der Waals surface area contributed by atoms with Gasteiger partial charge in [-0.1, -0.05) is 42.5 Å². The molecule has 0 aliphatic carbocycles. The van der Waals surface area contributed by atoms with Gasteiger partial charge in [0, 0.05) is 25.1 Å². The van der Waals surface area contributed by atoms with E-state index in [0.29, 0.717) is 0 Å². The molecule has 3 rings (SSSR count). The summed E-state index contributed by atoms with van der Waals surface area (Å²) in [4.78, 5) is 10.4. The van der Waals surface area contributed by atoms with Gasteiger partial charge >= 0.3 is 0 Å². The number of nitrogens with zero attached hydrogens (tertiary/aromatic N) is 3. The third-order valence-electron chi connectivity index (χ3n) is 3.25. The Labute approximate surface area is 118 Å². The van der Waals surface area contributed by atoms with E-state index in [1.165, 1.54) is 11.1 Å². The predicted octanol–water partition coefficient (Wildman–Crippen LogP) is 3.91. The molecular formula is C17H15N3. The van der Waals surface area contributed by atoms with Crippen molar-refractivity contribution in [2.75, 3.05) is 11.9 Å². The minimum Gasteiger partial charge on any atom is -0.328 e. The van der Waals surface area contributed by atoms with E-state index in [2.05, 4.69) is 58.5 Å². The van der Waals surface area contributed by atoms with Crippen LogP contribution in [0.1, 0.15) is 0 Å². The van der Waals surface area contributed by atoms with Crippen LogP contribution in [0.4, 0.5) is 11.5 Å². The standard InChI is InChI=1S/C17H15N3/c1-20(17-13-18-11-12-19-17)16-9-7-15(8-10-16)14-5-3-2-4-6-14/h2-13H,1H3. The topological polar surface area (TPSA) is 29.0 Å². The molecule has 3 heteroatoms. The Kier molecular flexibility index (Phi) is 3.42. The van der Waals surface area contributed by atoms with E-state index >= 15 is 0 Å². The van der Waals surface area contributed by atoms with Crippen molar-refractivity contribution >= 4 is 11.5 Å².